The van der Waals surface area contributed by atoms with Crippen LogP contribution in [0.15, 0.2) is 11.0 Å². The number of aromatic nitrogens is 2. The normalized spacial score (nSPS) is 38.6. The van der Waals surface area contributed by atoms with Crippen LogP contribution in [0.25, 0.3) is 0 Å². The van der Waals surface area contributed by atoms with E-state index in [1.165, 1.54) is 25.5 Å². The lowest BCUT2D eigenvalue weighted by Gasteiger charge is -2.56. The Morgan fingerprint density at radius 2 is 1.85 bits per heavy atom. The predicted molar refractivity (Wildman–Crippen MR) is 97.8 cm³/mol. The smallest absolute Gasteiger partial charge is 0.263 e. The summed E-state index contributed by atoms with van der Waals surface area (Å²) in [5.41, 5.74) is 5.90. The molecule has 2 heterocycles. The van der Waals surface area contributed by atoms with Crippen molar-refractivity contribution in [2.75, 3.05) is 13.1 Å². The van der Waals surface area contributed by atoms with Gasteiger partial charge in [-0.2, -0.15) is 0 Å². The van der Waals surface area contributed by atoms with E-state index in [1.54, 1.807) is 4.90 Å². The van der Waals surface area contributed by atoms with Gasteiger partial charge in [0.25, 0.3) is 11.5 Å². The Morgan fingerprint density at radius 3 is 2.42 bits per heavy atom. The van der Waals surface area contributed by atoms with Gasteiger partial charge >= 0.3 is 0 Å². The van der Waals surface area contributed by atoms with Crippen LogP contribution in [0.4, 0.5) is 0 Å². The zero-order valence-electron chi connectivity index (χ0n) is 15.2. The highest BCUT2D eigenvalue weighted by atomic mass is 16.2. The minimum atomic E-state index is -0.283. The average molecular weight is 356 g/mol. The largest absolute Gasteiger partial charge is 0.337 e. The number of hydrogen-bond acceptors (Lipinski definition) is 4. The monoisotopic (exact) mass is 356 g/mol. The summed E-state index contributed by atoms with van der Waals surface area (Å²) in [5.74, 6) is 2.98. The Morgan fingerprint density at radius 1 is 1.19 bits per heavy atom. The highest BCUT2D eigenvalue weighted by Crippen LogP contribution is 2.59. The lowest BCUT2D eigenvalue weighted by molar-refractivity contribution is -0.00955. The standard InChI is InChI=1S/C20H28N4O2/c21-15-2-1-3-24(11-15)18(26)16-10-22-19(23-17(16)25)20-7-12-4-13(8-20)6-14(5-12)9-20/h10,12-15H,1-9,11,21H2,(H,22,23,25)/t12?,13?,14?,15-,20?/m0/s1. The maximum Gasteiger partial charge on any atom is 0.263 e. The van der Waals surface area contributed by atoms with E-state index < -0.39 is 0 Å². The molecule has 6 nitrogen and oxygen atoms in total. The molecule has 1 aliphatic heterocycles. The molecule has 4 saturated carbocycles. The van der Waals surface area contributed by atoms with Crippen molar-refractivity contribution in [1.82, 2.24) is 14.9 Å². The number of hydrogen-bond donors (Lipinski definition) is 2. The molecule has 140 valence electrons. The van der Waals surface area contributed by atoms with Gasteiger partial charge in [0.05, 0.1) is 0 Å². The minimum Gasteiger partial charge on any atom is -0.337 e. The van der Waals surface area contributed by atoms with Gasteiger partial charge in [-0.1, -0.05) is 0 Å². The summed E-state index contributed by atoms with van der Waals surface area (Å²) in [6.45, 7) is 1.19. The Balaban J connectivity index is 1.42. The third-order valence-electron chi connectivity index (χ3n) is 7.32. The van der Waals surface area contributed by atoms with Gasteiger partial charge in [0.15, 0.2) is 0 Å². The van der Waals surface area contributed by atoms with Gasteiger partial charge in [-0.3, -0.25) is 9.59 Å². The lowest BCUT2D eigenvalue weighted by Crippen LogP contribution is -2.50. The number of rotatable bonds is 2. The molecule has 0 aromatic carbocycles. The van der Waals surface area contributed by atoms with E-state index in [-0.39, 0.29) is 28.5 Å². The SMILES string of the molecule is N[C@H]1CCCN(C(=O)c2cnc(C34CC5CC(CC(C5)C3)C4)[nH]c2=O)C1. The van der Waals surface area contributed by atoms with Gasteiger partial charge in [0.1, 0.15) is 11.4 Å². The molecule has 1 saturated heterocycles. The Bertz CT molecular complexity index is 751. The van der Waals surface area contributed by atoms with Gasteiger partial charge in [0, 0.05) is 30.7 Å². The summed E-state index contributed by atoms with van der Waals surface area (Å²) >= 11 is 0. The number of piperidine rings is 1. The fourth-order valence-electron chi connectivity index (χ4n) is 6.58. The highest BCUT2D eigenvalue weighted by molar-refractivity contribution is 5.93. The zero-order valence-corrected chi connectivity index (χ0v) is 15.2. The number of aromatic amines is 1. The first-order valence-electron chi connectivity index (χ1n) is 10.2. The van der Waals surface area contributed by atoms with Gasteiger partial charge in [0.2, 0.25) is 0 Å². The summed E-state index contributed by atoms with van der Waals surface area (Å²) in [4.78, 5) is 34.8. The fraction of sp³-hybridized carbons (Fsp3) is 0.750. The van der Waals surface area contributed by atoms with Crippen LogP contribution in [-0.2, 0) is 5.41 Å². The van der Waals surface area contributed by atoms with E-state index in [2.05, 4.69) is 9.97 Å². The van der Waals surface area contributed by atoms with Crippen molar-refractivity contribution in [1.29, 1.82) is 0 Å². The number of carbonyl (C=O) groups excluding carboxylic acids is 1. The van der Waals surface area contributed by atoms with Crippen LogP contribution in [-0.4, -0.2) is 39.9 Å². The first kappa shape index (κ1) is 16.5. The van der Waals surface area contributed by atoms with Crippen LogP contribution in [0.5, 0.6) is 0 Å². The van der Waals surface area contributed by atoms with Crippen molar-refractivity contribution >= 4 is 5.91 Å². The zero-order chi connectivity index (χ0) is 17.9. The van der Waals surface area contributed by atoms with Crippen LogP contribution >= 0.6 is 0 Å². The minimum absolute atomic E-state index is 0.00559. The molecule has 0 spiro atoms. The maximum absolute atomic E-state index is 12.7. The average Bonchev–Trinajstić information content (AvgIpc) is 2.60. The van der Waals surface area contributed by atoms with E-state index >= 15 is 0 Å². The molecule has 4 aliphatic carbocycles. The molecule has 26 heavy (non-hydrogen) atoms. The van der Waals surface area contributed by atoms with Gasteiger partial charge in [-0.25, -0.2) is 4.98 Å². The lowest BCUT2D eigenvalue weighted by atomic mass is 9.49. The van der Waals surface area contributed by atoms with Crippen molar-refractivity contribution in [3.05, 3.63) is 27.9 Å². The summed E-state index contributed by atoms with van der Waals surface area (Å²) < 4.78 is 0. The van der Waals surface area contributed by atoms with E-state index in [4.69, 9.17) is 5.73 Å². The Labute approximate surface area is 153 Å². The second kappa shape index (κ2) is 5.91. The van der Waals surface area contributed by atoms with Crippen LogP contribution in [0.3, 0.4) is 0 Å². The summed E-state index contributed by atoms with van der Waals surface area (Å²) in [7, 11) is 0. The second-order valence-electron chi connectivity index (χ2n) is 9.33. The number of H-pyrrole nitrogens is 1. The molecular weight excluding hydrogens is 328 g/mol. The molecular formula is C20H28N4O2. The van der Waals surface area contributed by atoms with Crippen LogP contribution < -0.4 is 11.3 Å². The summed E-state index contributed by atoms with van der Waals surface area (Å²) in [5, 5.41) is 0. The van der Waals surface area contributed by atoms with Gasteiger partial charge in [-0.15, -0.1) is 0 Å². The van der Waals surface area contributed by atoms with Crippen molar-refractivity contribution in [2.45, 2.75) is 62.8 Å². The number of nitrogens with two attached hydrogens (primary N) is 1. The molecule has 0 radical (unpaired) electrons. The van der Waals surface area contributed by atoms with Crippen molar-refractivity contribution in [3.8, 4) is 0 Å². The van der Waals surface area contributed by atoms with E-state index in [0.29, 0.717) is 13.1 Å². The molecule has 5 fully saturated rings. The summed E-state index contributed by atoms with van der Waals surface area (Å²) in [6.07, 6.45) is 10.9. The molecule has 3 N–H and O–H groups in total. The topological polar surface area (TPSA) is 92.1 Å². The Kier molecular flexibility index (Phi) is 3.75. The highest BCUT2D eigenvalue weighted by Gasteiger charge is 2.53. The number of amides is 1. The van der Waals surface area contributed by atoms with Crippen LogP contribution in [0.1, 0.15) is 67.5 Å². The number of nitrogens with zero attached hydrogens (tertiary/aromatic N) is 2. The van der Waals surface area contributed by atoms with E-state index in [1.807, 2.05) is 0 Å². The maximum atomic E-state index is 12.7. The number of nitrogens with one attached hydrogen (secondary N) is 1. The van der Waals surface area contributed by atoms with Crippen molar-refractivity contribution in [3.63, 3.8) is 0 Å². The fourth-order valence-corrected chi connectivity index (χ4v) is 6.58. The first-order chi connectivity index (χ1) is 12.5. The van der Waals surface area contributed by atoms with Crippen LogP contribution in [0.2, 0.25) is 0 Å². The molecule has 6 rings (SSSR count). The third kappa shape index (κ3) is 2.61. The summed E-state index contributed by atoms with van der Waals surface area (Å²) in [6, 6.07) is 0.00559. The van der Waals surface area contributed by atoms with Crippen molar-refractivity contribution < 1.29 is 4.79 Å². The molecule has 1 aromatic rings. The molecule has 6 heteroatoms. The quantitative estimate of drug-likeness (QED) is 0.845. The van der Waals surface area contributed by atoms with Gasteiger partial charge in [-0.05, 0) is 69.1 Å². The molecule has 1 atom stereocenters. The van der Waals surface area contributed by atoms with E-state index in [0.717, 1.165) is 55.7 Å². The first-order valence-corrected chi connectivity index (χ1v) is 10.2. The molecule has 1 amide bonds. The molecule has 4 bridgehead atoms. The van der Waals surface area contributed by atoms with Crippen LogP contribution in [0, 0.1) is 17.8 Å². The van der Waals surface area contributed by atoms with E-state index in [9.17, 15) is 9.59 Å². The number of likely N-dealkylation sites (tertiary alicyclic amines) is 1. The molecule has 0 unspecified atom stereocenters. The molecule has 1 aromatic heterocycles. The third-order valence-corrected chi connectivity index (χ3v) is 7.32. The molecule has 5 aliphatic rings. The Hall–Kier alpha value is -1.69. The second-order valence-corrected chi connectivity index (χ2v) is 9.33. The van der Waals surface area contributed by atoms with Gasteiger partial charge < -0.3 is 15.6 Å². The number of carbonyl (C=O) groups is 1. The predicted octanol–water partition coefficient (Wildman–Crippen LogP) is 1.80. The van der Waals surface area contributed by atoms with Crippen molar-refractivity contribution in [2.24, 2.45) is 23.5 Å².